The first-order chi connectivity index (χ1) is 7.54. The predicted octanol–water partition coefficient (Wildman–Crippen LogP) is 1.15. The Morgan fingerprint density at radius 1 is 1.18 bits per heavy atom. The Morgan fingerprint density at radius 2 is 1.71 bits per heavy atom. The lowest BCUT2D eigenvalue weighted by molar-refractivity contribution is -0.156. The van der Waals surface area contributed by atoms with Crippen molar-refractivity contribution < 1.29 is 19.8 Å². The van der Waals surface area contributed by atoms with Crippen molar-refractivity contribution in [2.75, 3.05) is 6.54 Å². The van der Waals surface area contributed by atoms with Crippen molar-refractivity contribution in [2.24, 2.45) is 5.41 Å². The molecule has 0 aliphatic rings. The molecule has 0 aromatic rings. The molecule has 0 spiro atoms. The molecule has 0 aliphatic carbocycles. The maximum Gasteiger partial charge on any atom is 0.337 e. The van der Waals surface area contributed by atoms with E-state index in [0.29, 0.717) is 6.42 Å². The molecule has 100 valence electrons. The Bertz CT molecular complexity index is 279. The number of amides is 1. The summed E-state index contributed by atoms with van der Waals surface area (Å²) in [5, 5.41) is 20.4. The van der Waals surface area contributed by atoms with E-state index in [1.54, 1.807) is 0 Å². The average molecular weight is 245 g/mol. The maximum atomic E-state index is 11.4. The maximum absolute atomic E-state index is 11.4. The summed E-state index contributed by atoms with van der Waals surface area (Å²) in [5.74, 6) is -1.57. The van der Waals surface area contributed by atoms with Crippen molar-refractivity contribution in [3.05, 3.63) is 0 Å². The molecule has 0 heterocycles. The van der Waals surface area contributed by atoms with Crippen LogP contribution in [-0.4, -0.2) is 34.2 Å². The Labute approximate surface area is 102 Å². The van der Waals surface area contributed by atoms with E-state index in [4.69, 9.17) is 5.11 Å². The van der Waals surface area contributed by atoms with Gasteiger partial charge in [-0.2, -0.15) is 0 Å². The number of hydrogen-bond donors (Lipinski definition) is 3. The van der Waals surface area contributed by atoms with Crippen LogP contribution < -0.4 is 5.32 Å². The number of carbonyl (C=O) groups is 2. The summed E-state index contributed by atoms with van der Waals surface area (Å²) < 4.78 is 0. The fraction of sp³-hybridized carbons (Fsp3) is 0.833. The van der Waals surface area contributed by atoms with E-state index >= 15 is 0 Å². The minimum absolute atomic E-state index is 0.187. The first-order valence-corrected chi connectivity index (χ1v) is 5.77. The highest BCUT2D eigenvalue weighted by Crippen LogP contribution is 2.21. The number of carbonyl (C=O) groups excluding carboxylic acids is 1. The Balaban J connectivity index is 3.86. The summed E-state index contributed by atoms with van der Waals surface area (Å²) in [6, 6.07) is 0. The second-order valence-electron chi connectivity index (χ2n) is 5.77. The first-order valence-electron chi connectivity index (χ1n) is 5.77. The van der Waals surface area contributed by atoms with Crippen LogP contribution in [0.5, 0.6) is 0 Å². The highest BCUT2D eigenvalue weighted by atomic mass is 16.4. The lowest BCUT2D eigenvalue weighted by atomic mass is 9.90. The molecule has 0 rings (SSSR count). The van der Waals surface area contributed by atoms with E-state index < -0.39 is 11.6 Å². The van der Waals surface area contributed by atoms with Gasteiger partial charge in [0.15, 0.2) is 5.60 Å². The fourth-order valence-electron chi connectivity index (χ4n) is 1.21. The van der Waals surface area contributed by atoms with Gasteiger partial charge in [0.2, 0.25) is 5.91 Å². The minimum atomic E-state index is -1.90. The number of carboxylic acid groups (broad SMARTS) is 1. The molecule has 0 fully saturated rings. The molecule has 0 aromatic heterocycles. The van der Waals surface area contributed by atoms with Crippen LogP contribution in [0.25, 0.3) is 0 Å². The zero-order chi connectivity index (χ0) is 13.7. The molecule has 0 saturated carbocycles. The summed E-state index contributed by atoms with van der Waals surface area (Å²) in [6.45, 7) is 7.18. The van der Waals surface area contributed by atoms with Gasteiger partial charge in [-0.05, 0) is 25.2 Å². The van der Waals surface area contributed by atoms with Crippen LogP contribution in [0.3, 0.4) is 0 Å². The highest BCUT2D eigenvalue weighted by Gasteiger charge is 2.30. The molecule has 5 heteroatoms. The molecule has 0 saturated heterocycles. The standard InChI is InChI=1S/C12H23NO4/c1-11(2,3)7-5-6-9(14)13-8-12(4,17)10(15)16/h17H,5-8H2,1-4H3,(H,13,14)(H,15,16). The third-order valence-corrected chi connectivity index (χ3v) is 2.42. The van der Waals surface area contributed by atoms with Crippen LogP contribution in [-0.2, 0) is 9.59 Å². The third-order valence-electron chi connectivity index (χ3n) is 2.42. The summed E-state index contributed by atoms with van der Waals surface area (Å²) in [5.41, 5.74) is -1.72. The largest absolute Gasteiger partial charge is 0.479 e. The number of carboxylic acids is 1. The topological polar surface area (TPSA) is 86.6 Å². The van der Waals surface area contributed by atoms with Gasteiger partial charge in [-0.1, -0.05) is 20.8 Å². The summed E-state index contributed by atoms with van der Waals surface area (Å²) in [4.78, 5) is 22.0. The van der Waals surface area contributed by atoms with Gasteiger partial charge >= 0.3 is 5.97 Å². The Hall–Kier alpha value is -1.10. The van der Waals surface area contributed by atoms with Gasteiger partial charge in [0.05, 0.1) is 6.54 Å². The zero-order valence-electron chi connectivity index (χ0n) is 11.0. The quantitative estimate of drug-likeness (QED) is 0.655. The minimum Gasteiger partial charge on any atom is -0.479 e. The third kappa shape index (κ3) is 7.74. The van der Waals surface area contributed by atoms with Gasteiger partial charge in [0.1, 0.15) is 0 Å². The molecule has 0 aromatic carbocycles. The molecule has 1 atom stereocenters. The molecule has 3 N–H and O–H groups in total. The zero-order valence-corrected chi connectivity index (χ0v) is 11.0. The second kappa shape index (κ2) is 6.00. The smallest absolute Gasteiger partial charge is 0.337 e. The lowest BCUT2D eigenvalue weighted by Crippen LogP contribution is -2.46. The van der Waals surface area contributed by atoms with Crippen LogP contribution in [0.15, 0.2) is 0 Å². The van der Waals surface area contributed by atoms with Gasteiger partial charge in [-0.3, -0.25) is 4.79 Å². The number of rotatable bonds is 6. The first kappa shape index (κ1) is 15.9. The molecule has 0 radical (unpaired) electrons. The monoisotopic (exact) mass is 245 g/mol. The SMILES string of the molecule is CC(C)(C)CCCC(=O)NCC(C)(O)C(=O)O. The molecule has 5 nitrogen and oxygen atoms in total. The average Bonchev–Trinajstić information content (AvgIpc) is 2.12. The van der Waals surface area contributed by atoms with E-state index in [9.17, 15) is 14.7 Å². The summed E-state index contributed by atoms with van der Waals surface area (Å²) in [7, 11) is 0. The van der Waals surface area contributed by atoms with Gasteiger partial charge in [-0.15, -0.1) is 0 Å². The van der Waals surface area contributed by atoms with E-state index in [0.717, 1.165) is 19.8 Å². The molecular weight excluding hydrogens is 222 g/mol. The van der Waals surface area contributed by atoms with Crippen LogP contribution in [0.2, 0.25) is 0 Å². The molecule has 17 heavy (non-hydrogen) atoms. The molecule has 1 unspecified atom stereocenters. The van der Waals surface area contributed by atoms with Crippen LogP contribution >= 0.6 is 0 Å². The number of hydrogen-bond acceptors (Lipinski definition) is 3. The number of aliphatic hydroxyl groups is 1. The van der Waals surface area contributed by atoms with Crippen molar-refractivity contribution >= 4 is 11.9 Å². The Morgan fingerprint density at radius 3 is 2.12 bits per heavy atom. The number of aliphatic carboxylic acids is 1. The molecule has 1 amide bonds. The molecular formula is C12H23NO4. The van der Waals surface area contributed by atoms with Crippen molar-refractivity contribution in [1.29, 1.82) is 0 Å². The Kier molecular flexibility index (Phi) is 5.61. The van der Waals surface area contributed by atoms with Crippen molar-refractivity contribution in [3.63, 3.8) is 0 Å². The highest BCUT2D eigenvalue weighted by molar-refractivity contribution is 5.80. The van der Waals surface area contributed by atoms with E-state index in [1.807, 2.05) is 0 Å². The molecule has 0 aliphatic heterocycles. The van der Waals surface area contributed by atoms with Gasteiger partial charge in [0.25, 0.3) is 0 Å². The number of nitrogens with one attached hydrogen (secondary N) is 1. The summed E-state index contributed by atoms with van der Waals surface area (Å²) in [6.07, 6.45) is 2.03. The lowest BCUT2D eigenvalue weighted by Gasteiger charge is -2.19. The van der Waals surface area contributed by atoms with E-state index in [-0.39, 0.29) is 17.9 Å². The van der Waals surface area contributed by atoms with E-state index in [2.05, 4.69) is 26.1 Å². The van der Waals surface area contributed by atoms with Crippen molar-refractivity contribution in [1.82, 2.24) is 5.32 Å². The molecule has 0 bridgehead atoms. The van der Waals surface area contributed by atoms with Crippen molar-refractivity contribution in [3.8, 4) is 0 Å². The fourth-order valence-corrected chi connectivity index (χ4v) is 1.21. The van der Waals surface area contributed by atoms with Crippen LogP contribution in [0, 0.1) is 5.41 Å². The second-order valence-corrected chi connectivity index (χ2v) is 5.77. The van der Waals surface area contributed by atoms with Crippen LogP contribution in [0.1, 0.15) is 47.0 Å². The normalized spacial score (nSPS) is 15.1. The van der Waals surface area contributed by atoms with Crippen LogP contribution in [0.4, 0.5) is 0 Å². The van der Waals surface area contributed by atoms with Gasteiger partial charge in [-0.25, -0.2) is 4.79 Å². The summed E-state index contributed by atoms with van der Waals surface area (Å²) >= 11 is 0. The predicted molar refractivity (Wildman–Crippen MR) is 64.6 cm³/mol. The van der Waals surface area contributed by atoms with E-state index in [1.165, 1.54) is 0 Å². The van der Waals surface area contributed by atoms with Gasteiger partial charge in [0, 0.05) is 6.42 Å². The van der Waals surface area contributed by atoms with Crippen molar-refractivity contribution in [2.45, 2.75) is 52.6 Å². The van der Waals surface area contributed by atoms with Gasteiger partial charge < -0.3 is 15.5 Å².